The second-order valence-electron chi connectivity index (χ2n) is 4.81. The molecule has 0 aliphatic heterocycles. The molecular weight excluding hydrogens is 280 g/mol. The van der Waals surface area contributed by atoms with E-state index >= 15 is 0 Å². The van der Waals surface area contributed by atoms with Crippen molar-refractivity contribution in [2.24, 2.45) is 11.7 Å². The molecule has 1 fully saturated rings. The van der Waals surface area contributed by atoms with Gasteiger partial charge in [-0.25, -0.2) is 4.79 Å². The Balaban J connectivity index is 1.68. The van der Waals surface area contributed by atoms with Crippen LogP contribution >= 0.6 is 11.6 Å². The van der Waals surface area contributed by atoms with Gasteiger partial charge < -0.3 is 15.8 Å². The first-order chi connectivity index (χ1) is 9.58. The number of esters is 1. The van der Waals surface area contributed by atoms with E-state index in [1.807, 2.05) is 24.3 Å². The number of hydrogen-bond donors (Lipinski definition) is 2. The number of nitrogens with two attached hydrogens (primary N) is 1. The van der Waals surface area contributed by atoms with E-state index in [1.54, 1.807) is 0 Å². The fourth-order valence-electron chi connectivity index (χ4n) is 2.10. The third-order valence-electron chi connectivity index (χ3n) is 3.26. The molecule has 2 rings (SSSR count). The van der Waals surface area contributed by atoms with Gasteiger partial charge in [-0.3, -0.25) is 4.79 Å². The zero-order valence-corrected chi connectivity index (χ0v) is 11.7. The molecule has 5 nitrogen and oxygen atoms in total. The smallest absolute Gasteiger partial charge is 0.312 e. The summed E-state index contributed by atoms with van der Waals surface area (Å²) >= 11 is 5.83. The van der Waals surface area contributed by atoms with E-state index < -0.39 is 6.03 Å². The van der Waals surface area contributed by atoms with Crippen LogP contribution in [0, 0.1) is 5.92 Å². The number of carbonyl (C=O) groups excluding carboxylic acids is 2. The number of nitrogens with one attached hydrogen (secondary N) is 1. The number of ether oxygens (including phenoxy) is 1. The molecular formula is C14H17ClN2O3. The topological polar surface area (TPSA) is 81.4 Å². The number of hydrogen-bond acceptors (Lipinski definition) is 3. The van der Waals surface area contributed by atoms with Crippen molar-refractivity contribution in [2.75, 3.05) is 13.2 Å². The van der Waals surface area contributed by atoms with Gasteiger partial charge in [0.05, 0.1) is 12.5 Å². The molecule has 0 saturated heterocycles. The van der Waals surface area contributed by atoms with Crippen LogP contribution in [0.4, 0.5) is 4.79 Å². The van der Waals surface area contributed by atoms with E-state index in [4.69, 9.17) is 22.1 Å². The Morgan fingerprint density at radius 3 is 2.70 bits per heavy atom. The Kier molecular flexibility index (Phi) is 4.84. The van der Waals surface area contributed by atoms with Crippen LogP contribution in [0.5, 0.6) is 0 Å². The van der Waals surface area contributed by atoms with E-state index in [0.717, 1.165) is 12.0 Å². The summed E-state index contributed by atoms with van der Waals surface area (Å²) in [7, 11) is 0. The number of rotatable bonds is 6. The van der Waals surface area contributed by atoms with E-state index in [2.05, 4.69) is 5.32 Å². The molecule has 0 bridgehead atoms. The van der Waals surface area contributed by atoms with E-state index in [9.17, 15) is 9.59 Å². The number of halogens is 1. The molecule has 0 heterocycles. The first-order valence-corrected chi connectivity index (χ1v) is 6.91. The van der Waals surface area contributed by atoms with Gasteiger partial charge in [0, 0.05) is 11.6 Å². The fraction of sp³-hybridized carbons (Fsp3) is 0.429. The van der Waals surface area contributed by atoms with Crippen LogP contribution in [-0.4, -0.2) is 25.2 Å². The monoisotopic (exact) mass is 296 g/mol. The van der Waals surface area contributed by atoms with Crippen LogP contribution in [0.2, 0.25) is 5.02 Å². The van der Waals surface area contributed by atoms with Crippen molar-refractivity contribution < 1.29 is 14.3 Å². The first-order valence-electron chi connectivity index (χ1n) is 6.53. The van der Waals surface area contributed by atoms with Crippen molar-refractivity contribution >= 4 is 23.6 Å². The van der Waals surface area contributed by atoms with Gasteiger partial charge in [0.25, 0.3) is 0 Å². The van der Waals surface area contributed by atoms with Crippen LogP contribution in [0.25, 0.3) is 0 Å². The van der Waals surface area contributed by atoms with Crippen molar-refractivity contribution in [1.82, 2.24) is 5.32 Å². The largest absolute Gasteiger partial charge is 0.465 e. The molecule has 2 amide bonds. The third-order valence-corrected chi connectivity index (χ3v) is 3.51. The molecule has 1 aliphatic rings. The average Bonchev–Trinajstić information content (AvgIpc) is 3.19. The molecule has 3 N–H and O–H groups in total. The molecule has 1 aromatic rings. The Morgan fingerprint density at radius 1 is 1.35 bits per heavy atom. The van der Waals surface area contributed by atoms with Gasteiger partial charge in [-0.05, 0) is 36.5 Å². The standard InChI is InChI=1S/C14H17ClN2O3/c15-10-4-2-9(3-5-10)11-8-12(11)13(18)20-7-1-6-17-14(16)19/h2-5,11-12H,1,6-8H2,(H3,16,17,19)/t11-,12-/m0/s1. The van der Waals surface area contributed by atoms with Gasteiger partial charge in [-0.2, -0.15) is 0 Å². The Hall–Kier alpha value is -1.75. The highest BCUT2D eigenvalue weighted by Gasteiger charge is 2.45. The third kappa shape index (κ3) is 4.13. The number of benzene rings is 1. The molecule has 1 aromatic carbocycles. The molecule has 6 heteroatoms. The van der Waals surface area contributed by atoms with Crippen molar-refractivity contribution in [3.05, 3.63) is 34.9 Å². The summed E-state index contributed by atoms with van der Waals surface area (Å²) in [5.74, 6) is 0.00723. The highest BCUT2D eigenvalue weighted by Crippen LogP contribution is 2.48. The molecule has 108 valence electrons. The lowest BCUT2D eigenvalue weighted by atomic mass is 10.1. The summed E-state index contributed by atoms with van der Waals surface area (Å²) < 4.78 is 5.17. The van der Waals surface area contributed by atoms with Crippen LogP contribution in [0.1, 0.15) is 24.3 Å². The number of carbonyl (C=O) groups is 2. The second-order valence-corrected chi connectivity index (χ2v) is 5.25. The van der Waals surface area contributed by atoms with Crippen molar-refractivity contribution in [3.8, 4) is 0 Å². The molecule has 0 unspecified atom stereocenters. The lowest BCUT2D eigenvalue weighted by Crippen LogP contribution is -2.30. The number of primary amides is 1. The molecule has 20 heavy (non-hydrogen) atoms. The maximum atomic E-state index is 11.8. The second kappa shape index (κ2) is 6.61. The fourth-order valence-corrected chi connectivity index (χ4v) is 2.22. The summed E-state index contributed by atoms with van der Waals surface area (Å²) in [6, 6.07) is 6.97. The predicted molar refractivity (Wildman–Crippen MR) is 75.5 cm³/mol. The Labute approximate surface area is 122 Å². The van der Waals surface area contributed by atoms with Gasteiger partial charge >= 0.3 is 12.0 Å². The maximum absolute atomic E-state index is 11.8. The zero-order chi connectivity index (χ0) is 14.5. The SMILES string of the molecule is NC(=O)NCCCOC(=O)[C@H]1C[C@H]1c1ccc(Cl)cc1. The minimum absolute atomic E-state index is 0.0553. The van der Waals surface area contributed by atoms with Crippen LogP contribution in [0.3, 0.4) is 0 Å². The van der Waals surface area contributed by atoms with Crippen molar-refractivity contribution in [2.45, 2.75) is 18.8 Å². The van der Waals surface area contributed by atoms with Gasteiger partial charge in [-0.1, -0.05) is 23.7 Å². The van der Waals surface area contributed by atoms with E-state index in [1.165, 1.54) is 0 Å². The van der Waals surface area contributed by atoms with Gasteiger partial charge in [0.15, 0.2) is 0 Å². The molecule has 2 atom stereocenters. The molecule has 0 aromatic heterocycles. The highest BCUT2D eigenvalue weighted by atomic mass is 35.5. The predicted octanol–water partition coefficient (Wildman–Crippen LogP) is 2.05. The highest BCUT2D eigenvalue weighted by molar-refractivity contribution is 6.30. The van der Waals surface area contributed by atoms with Crippen molar-refractivity contribution in [3.63, 3.8) is 0 Å². The summed E-state index contributed by atoms with van der Waals surface area (Å²) in [5.41, 5.74) is 6.04. The summed E-state index contributed by atoms with van der Waals surface area (Å²) in [6.07, 6.45) is 1.38. The summed E-state index contributed by atoms with van der Waals surface area (Å²) in [6.45, 7) is 0.705. The van der Waals surface area contributed by atoms with Crippen LogP contribution < -0.4 is 11.1 Å². The van der Waals surface area contributed by atoms with Crippen LogP contribution in [0.15, 0.2) is 24.3 Å². The maximum Gasteiger partial charge on any atom is 0.312 e. The number of amides is 2. The Morgan fingerprint density at radius 2 is 2.05 bits per heavy atom. The lowest BCUT2D eigenvalue weighted by molar-refractivity contribution is -0.145. The van der Waals surface area contributed by atoms with E-state index in [0.29, 0.717) is 24.6 Å². The van der Waals surface area contributed by atoms with Gasteiger partial charge in [0.2, 0.25) is 0 Å². The normalized spacial score (nSPS) is 20.2. The summed E-state index contributed by atoms with van der Waals surface area (Å²) in [4.78, 5) is 22.2. The minimum Gasteiger partial charge on any atom is -0.465 e. The first kappa shape index (κ1) is 14.7. The average molecular weight is 297 g/mol. The van der Waals surface area contributed by atoms with E-state index in [-0.39, 0.29) is 17.8 Å². The molecule has 0 spiro atoms. The summed E-state index contributed by atoms with van der Waals surface area (Å²) in [5, 5.41) is 3.13. The number of urea groups is 1. The molecule has 0 radical (unpaired) electrons. The van der Waals surface area contributed by atoms with Gasteiger partial charge in [0.1, 0.15) is 0 Å². The Bertz CT molecular complexity index is 490. The van der Waals surface area contributed by atoms with Crippen molar-refractivity contribution in [1.29, 1.82) is 0 Å². The lowest BCUT2D eigenvalue weighted by Gasteiger charge is -2.05. The minimum atomic E-state index is -0.568. The molecule has 1 aliphatic carbocycles. The molecule has 1 saturated carbocycles. The quantitative estimate of drug-likeness (QED) is 0.622. The zero-order valence-electron chi connectivity index (χ0n) is 11.0. The van der Waals surface area contributed by atoms with Gasteiger partial charge in [-0.15, -0.1) is 0 Å². The van der Waals surface area contributed by atoms with Crippen LogP contribution in [-0.2, 0) is 9.53 Å².